The lowest BCUT2D eigenvalue weighted by Crippen LogP contribution is -2.45. The Morgan fingerprint density at radius 3 is 2.26 bits per heavy atom. The molecule has 0 radical (unpaired) electrons. The molecule has 0 aliphatic carbocycles. The van der Waals surface area contributed by atoms with Crippen LogP contribution < -0.4 is 10.9 Å². The smallest absolute Gasteiger partial charge is 0.243 e. The van der Waals surface area contributed by atoms with Gasteiger partial charge in [0.15, 0.2) is 0 Å². The number of furan rings is 1. The average molecular weight is 434 g/mol. The van der Waals surface area contributed by atoms with E-state index in [0.717, 1.165) is 19.3 Å². The van der Waals surface area contributed by atoms with Crippen LogP contribution in [-0.2, 0) is 20.9 Å². The molecular weight excluding hydrogens is 394 g/mol. The Labute approximate surface area is 186 Å². The highest BCUT2D eigenvalue weighted by Gasteiger charge is 2.34. The second-order valence-electron chi connectivity index (χ2n) is 8.58. The van der Waals surface area contributed by atoms with Crippen LogP contribution in [0, 0.1) is 5.92 Å². The molecule has 1 fully saturated rings. The first-order valence-electron chi connectivity index (χ1n) is 12.0. The van der Waals surface area contributed by atoms with Crippen molar-refractivity contribution in [1.29, 1.82) is 0 Å². The summed E-state index contributed by atoms with van der Waals surface area (Å²) in [5.41, 5.74) is 4.96. The molecule has 174 valence electrons. The van der Waals surface area contributed by atoms with Gasteiger partial charge in [-0.1, -0.05) is 71.1 Å². The van der Waals surface area contributed by atoms with E-state index in [1.807, 2.05) is 0 Å². The maximum Gasteiger partial charge on any atom is 0.243 e. The van der Waals surface area contributed by atoms with E-state index in [-0.39, 0.29) is 24.1 Å². The lowest BCUT2D eigenvalue weighted by atomic mass is 10.1. The number of hydrogen-bond acceptors (Lipinski definition) is 4. The second-order valence-corrected chi connectivity index (χ2v) is 8.58. The lowest BCUT2D eigenvalue weighted by molar-refractivity contribution is -0.131. The minimum Gasteiger partial charge on any atom is -0.467 e. The Kier molecular flexibility index (Phi) is 11.8. The molecule has 2 N–H and O–H groups in total. The van der Waals surface area contributed by atoms with E-state index in [4.69, 9.17) is 4.42 Å². The number of nitrogens with zero attached hydrogens (tertiary/aromatic N) is 1. The summed E-state index contributed by atoms with van der Waals surface area (Å²) in [6.07, 6.45) is 15.7. The van der Waals surface area contributed by atoms with Gasteiger partial charge in [0.25, 0.3) is 0 Å². The van der Waals surface area contributed by atoms with Gasteiger partial charge in [0.1, 0.15) is 5.76 Å². The molecule has 1 aromatic heterocycles. The maximum absolute atomic E-state index is 12.3. The van der Waals surface area contributed by atoms with Crippen LogP contribution in [0.4, 0.5) is 0 Å². The third-order valence-electron chi connectivity index (χ3n) is 5.84. The zero-order valence-corrected chi connectivity index (χ0v) is 19.0. The molecule has 0 bridgehead atoms. The van der Waals surface area contributed by atoms with Crippen LogP contribution >= 0.6 is 0 Å². The first kappa shape index (κ1) is 25.0. The monoisotopic (exact) mass is 433 g/mol. The number of rotatable bonds is 15. The highest BCUT2D eigenvalue weighted by Crippen LogP contribution is 2.20. The molecule has 0 saturated carbocycles. The molecule has 3 amide bonds. The largest absolute Gasteiger partial charge is 0.467 e. The average Bonchev–Trinajstić information content (AvgIpc) is 3.40. The molecule has 7 heteroatoms. The summed E-state index contributed by atoms with van der Waals surface area (Å²) in [5.74, 6) is -0.341. The van der Waals surface area contributed by atoms with Crippen molar-refractivity contribution in [3.05, 3.63) is 24.2 Å². The van der Waals surface area contributed by atoms with Crippen molar-refractivity contribution in [1.82, 2.24) is 15.8 Å². The third kappa shape index (κ3) is 10.0. The van der Waals surface area contributed by atoms with Crippen LogP contribution in [0.3, 0.4) is 0 Å². The lowest BCUT2D eigenvalue weighted by Gasteiger charge is -2.15. The van der Waals surface area contributed by atoms with E-state index in [1.54, 1.807) is 23.3 Å². The Hall–Kier alpha value is -2.31. The molecule has 1 aliphatic heterocycles. The van der Waals surface area contributed by atoms with Crippen molar-refractivity contribution in [2.24, 2.45) is 5.92 Å². The van der Waals surface area contributed by atoms with E-state index >= 15 is 0 Å². The van der Waals surface area contributed by atoms with Gasteiger partial charge in [-0.2, -0.15) is 0 Å². The van der Waals surface area contributed by atoms with Crippen molar-refractivity contribution in [3.63, 3.8) is 0 Å². The summed E-state index contributed by atoms with van der Waals surface area (Å²) in [7, 11) is 0. The summed E-state index contributed by atoms with van der Waals surface area (Å²) in [6.45, 7) is 2.93. The van der Waals surface area contributed by atoms with Gasteiger partial charge in [-0.25, -0.2) is 0 Å². The fraction of sp³-hybridized carbons (Fsp3) is 0.708. The van der Waals surface area contributed by atoms with Gasteiger partial charge < -0.3 is 9.32 Å². The van der Waals surface area contributed by atoms with Gasteiger partial charge in [0, 0.05) is 19.4 Å². The summed E-state index contributed by atoms with van der Waals surface area (Å²) in [4.78, 5) is 37.9. The molecule has 1 aliphatic rings. The van der Waals surface area contributed by atoms with E-state index in [9.17, 15) is 14.4 Å². The summed E-state index contributed by atoms with van der Waals surface area (Å²) in [5, 5.41) is 0. The molecule has 2 rings (SSSR count). The van der Waals surface area contributed by atoms with Crippen molar-refractivity contribution >= 4 is 17.7 Å². The fourth-order valence-corrected chi connectivity index (χ4v) is 3.94. The zero-order valence-electron chi connectivity index (χ0n) is 19.0. The van der Waals surface area contributed by atoms with Crippen molar-refractivity contribution < 1.29 is 18.8 Å². The number of likely N-dealkylation sites (tertiary alicyclic amines) is 1. The Morgan fingerprint density at radius 1 is 1.00 bits per heavy atom. The SMILES string of the molecule is CCCCCCCCCCCCCC(=O)NNC(=O)C1CC(=O)N(Cc2ccco2)C1. The molecule has 0 spiro atoms. The first-order valence-corrected chi connectivity index (χ1v) is 12.0. The molecule has 1 atom stereocenters. The molecule has 1 saturated heterocycles. The van der Waals surface area contributed by atoms with E-state index < -0.39 is 5.92 Å². The normalized spacial score (nSPS) is 16.0. The molecule has 1 aromatic rings. The summed E-state index contributed by atoms with van der Waals surface area (Å²) < 4.78 is 5.26. The predicted molar refractivity (Wildman–Crippen MR) is 120 cm³/mol. The van der Waals surface area contributed by atoms with Crippen LogP contribution in [0.15, 0.2) is 22.8 Å². The van der Waals surface area contributed by atoms with Crippen LogP contribution in [-0.4, -0.2) is 29.2 Å². The van der Waals surface area contributed by atoms with Crippen LogP contribution in [0.5, 0.6) is 0 Å². The highest BCUT2D eigenvalue weighted by molar-refractivity contribution is 5.90. The van der Waals surface area contributed by atoms with Crippen molar-refractivity contribution in [2.45, 2.75) is 96.9 Å². The predicted octanol–water partition coefficient (Wildman–Crippen LogP) is 4.48. The van der Waals surface area contributed by atoms with Gasteiger partial charge in [0.2, 0.25) is 17.7 Å². The molecule has 0 aromatic carbocycles. The van der Waals surface area contributed by atoms with Crippen molar-refractivity contribution in [3.8, 4) is 0 Å². The Morgan fingerprint density at radius 2 is 1.65 bits per heavy atom. The van der Waals surface area contributed by atoms with Gasteiger partial charge in [0.05, 0.1) is 18.7 Å². The van der Waals surface area contributed by atoms with E-state index in [0.29, 0.717) is 25.3 Å². The zero-order chi connectivity index (χ0) is 22.3. The Balaban J connectivity index is 1.47. The number of amides is 3. The number of hydrazine groups is 1. The third-order valence-corrected chi connectivity index (χ3v) is 5.84. The highest BCUT2D eigenvalue weighted by atomic mass is 16.3. The van der Waals surface area contributed by atoms with Crippen LogP contribution in [0.1, 0.15) is 96.2 Å². The van der Waals surface area contributed by atoms with E-state index in [2.05, 4.69) is 17.8 Å². The second kappa shape index (κ2) is 14.7. The number of carbonyl (C=O) groups excluding carboxylic acids is 3. The first-order chi connectivity index (χ1) is 15.1. The van der Waals surface area contributed by atoms with Gasteiger partial charge in [-0.15, -0.1) is 0 Å². The Bertz CT molecular complexity index is 660. The number of nitrogens with one attached hydrogen (secondary N) is 2. The maximum atomic E-state index is 12.3. The standard InChI is InChI=1S/C24H39N3O4/c1-2-3-4-5-6-7-8-9-10-11-12-15-22(28)25-26-24(30)20-17-23(29)27(18-20)19-21-14-13-16-31-21/h13-14,16,20H,2-12,15,17-19H2,1H3,(H,25,28)(H,26,30). The molecule has 2 heterocycles. The molecular formula is C24H39N3O4. The van der Waals surface area contributed by atoms with E-state index in [1.165, 1.54) is 51.4 Å². The van der Waals surface area contributed by atoms with Crippen molar-refractivity contribution in [2.75, 3.05) is 6.54 Å². The molecule has 7 nitrogen and oxygen atoms in total. The topological polar surface area (TPSA) is 91.7 Å². The fourth-order valence-electron chi connectivity index (χ4n) is 3.94. The number of carbonyl (C=O) groups is 3. The molecule has 31 heavy (non-hydrogen) atoms. The van der Waals surface area contributed by atoms with Gasteiger partial charge in [-0.3, -0.25) is 25.2 Å². The van der Waals surface area contributed by atoms with Gasteiger partial charge >= 0.3 is 0 Å². The summed E-state index contributed by atoms with van der Waals surface area (Å²) in [6, 6.07) is 3.57. The molecule has 1 unspecified atom stereocenters. The quantitative estimate of drug-likeness (QED) is 0.315. The number of unbranched alkanes of at least 4 members (excludes halogenated alkanes) is 10. The number of hydrogen-bond donors (Lipinski definition) is 2. The van der Waals surface area contributed by atoms with Gasteiger partial charge in [-0.05, 0) is 18.6 Å². The minimum atomic E-state index is -0.454. The minimum absolute atomic E-state index is 0.0798. The van der Waals surface area contributed by atoms with Crippen LogP contribution in [0.2, 0.25) is 0 Å². The summed E-state index contributed by atoms with van der Waals surface area (Å²) >= 11 is 0. The van der Waals surface area contributed by atoms with Crippen LogP contribution in [0.25, 0.3) is 0 Å².